The van der Waals surface area contributed by atoms with E-state index in [1.54, 1.807) is 7.11 Å². The van der Waals surface area contributed by atoms with E-state index in [1.165, 1.54) is 47.1 Å². The predicted molar refractivity (Wildman–Crippen MR) is 174 cm³/mol. The van der Waals surface area contributed by atoms with Crippen molar-refractivity contribution in [1.82, 2.24) is 0 Å². The average Bonchev–Trinajstić information content (AvgIpc) is 3.04. The highest BCUT2D eigenvalue weighted by molar-refractivity contribution is 5.74. The van der Waals surface area contributed by atoms with Gasteiger partial charge < -0.3 is 19.3 Å². The van der Waals surface area contributed by atoms with Crippen LogP contribution in [0.15, 0.2) is 103 Å². The lowest BCUT2D eigenvalue weighted by atomic mass is 9.97. The first-order valence-corrected chi connectivity index (χ1v) is 15.1. The van der Waals surface area contributed by atoms with Crippen molar-refractivity contribution in [3.63, 3.8) is 0 Å². The number of ether oxygens (including phenoxy) is 3. The van der Waals surface area contributed by atoms with Gasteiger partial charge in [0.1, 0.15) is 18.1 Å². The summed E-state index contributed by atoms with van der Waals surface area (Å²) in [5.74, 6) is 1.48. The van der Waals surface area contributed by atoms with Gasteiger partial charge >= 0.3 is 0 Å². The second-order valence-electron chi connectivity index (χ2n) is 10.5. The molecule has 0 aliphatic heterocycles. The SMILES string of the molecule is C/C=C(/CO)CCOc1cc(OCCOC)cc(-c2ccc(-c3ccc(-c4ccc(CCCCC)cc4)cc3)cc2)c1. The van der Waals surface area contributed by atoms with Crippen LogP contribution in [0.2, 0.25) is 0 Å². The lowest BCUT2D eigenvalue weighted by molar-refractivity contribution is 0.146. The topological polar surface area (TPSA) is 47.9 Å². The molecular weight excluding hydrogens is 520 g/mol. The Balaban J connectivity index is 1.46. The van der Waals surface area contributed by atoms with Gasteiger partial charge in [0, 0.05) is 19.6 Å². The van der Waals surface area contributed by atoms with Gasteiger partial charge in [0.05, 0.1) is 19.8 Å². The fraction of sp³-hybridized carbons (Fsp3) is 0.316. The minimum atomic E-state index is 0.0483. The number of allylic oxidation sites excluding steroid dienone is 1. The standard InChI is InChI=1S/C38H44O4/c1-4-6-7-8-30-9-11-31(12-10-30)32-13-15-33(16-14-32)34-17-19-35(20-18-34)36-25-37(41-22-21-29(5-2)28-39)27-38(26-36)42-24-23-40-3/h5,9-20,25-27,39H,4,6-8,21-24,28H2,1-3H3/b29-5+. The Morgan fingerprint density at radius 3 is 1.62 bits per heavy atom. The molecule has 0 fully saturated rings. The Morgan fingerprint density at radius 2 is 1.14 bits per heavy atom. The highest BCUT2D eigenvalue weighted by atomic mass is 16.5. The summed E-state index contributed by atoms with van der Waals surface area (Å²) in [4.78, 5) is 0. The van der Waals surface area contributed by atoms with Crippen LogP contribution in [0.4, 0.5) is 0 Å². The number of unbranched alkanes of at least 4 members (excludes halogenated alkanes) is 2. The summed E-state index contributed by atoms with van der Waals surface area (Å²) in [7, 11) is 1.66. The summed E-state index contributed by atoms with van der Waals surface area (Å²) >= 11 is 0. The second-order valence-corrected chi connectivity index (χ2v) is 10.5. The Hall–Kier alpha value is -3.86. The smallest absolute Gasteiger partial charge is 0.123 e. The van der Waals surface area contributed by atoms with Crippen molar-refractivity contribution < 1.29 is 19.3 Å². The molecule has 4 heteroatoms. The monoisotopic (exact) mass is 564 g/mol. The molecule has 0 radical (unpaired) electrons. The molecule has 4 nitrogen and oxygen atoms in total. The van der Waals surface area contributed by atoms with Gasteiger partial charge in [0.25, 0.3) is 0 Å². The van der Waals surface area contributed by atoms with E-state index in [4.69, 9.17) is 14.2 Å². The van der Waals surface area contributed by atoms with Crippen LogP contribution in [0.3, 0.4) is 0 Å². The number of hydrogen-bond acceptors (Lipinski definition) is 4. The molecule has 220 valence electrons. The molecule has 42 heavy (non-hydrogen) atoms. The molecule has 0 heterocycles. The van der Waals surface area contributed by atoms with Crippen molar-refractivity contribution in [1.29, 1.82) is 0 Å². The van der Waals surface area contributed by atoms with Crippen LogP contribution >= 0.6 is 0 Å². The fourth-order valence-electron chi connectivity index (χ4n) is 4.92. The van der Waals surface area contributed by atoms with E-state index in [1.807, 2.05) is 31.2 Å². The van der Waals surface area contributed by atoms with Crippen molar-refractivity contribution in [2.75, 3.05) is 33.5 Å². The molecule has 0 spiro atoms. The normalized spacial score (nSPS) is 11.5. The van der Waals surface area contributed by atoms with E-state index in [0.717, 1.165) is 34.6 Å². The summed E-state index contributed by atoms with van der Waals surface area (Å²) in [6.07, 6.45) is 7.57. The Labute approximate surface area is 251 Å². The van der Waals surface area contributed by atoms with Crippen LogP contribution in [0.1, 0.15) is 45.1 Å². The maximum Gasteiger partial charge on any atom is 0.123 e. The molecule has 0 amide bonds. The quantitative estimate of drug-likeness (QED) is 0.109. The molecule has 0 atom stereocenters. The van der Waals surface area contributed by atoms with Gasteiger partial charge in [0.2, 0.25) is 0 Å². The highest BCUT2D eigenvalue weighted by Crippen LogP contribution is 2.32. The molecule has 0 bridgehead atoms. The van der Waals surface area contributed by atoms with E-state index < -0.39 is 0 Å². The molecule has 0 unspecified atom stereocenters. The predicted octanol–water partition coefficient (Wildman–Crippen LogP) is 9.15. The van der Waals surface area contributed by atoms with Gasteiger partial charge in [-0.2, -0.15) is 0 Å². The van der Waals surface area contributed by atoms with Crippen LogP contribution in [0.5, 0.6) is 11.5 Å². The number of aryl methyl sites for hydroxylation is 1. The maximum atomic E-state index is 9.43. The van der Waals surface area contributed by atoms with E-state index >= 15 is 0 Å². The van der Waals surface area contributed by atoms with E-state index in [-0.39, 0.29) is 6.61 Å². The van der Waals surface area contributed by atoms with Crippen LogP contribution < -0.4 is 9.47 Å². The average molecular weight is 565 g/mol. The molecule has 1 N–H and O–H groups in total. The third-order valence-electron chi connectivity index (χ3n) is 7.53. The molecule has 0 aromatic heterocycles. The summed E-state index contributed by atoms with van der Waals surface area (Å²) in [5, 5.41) is 9.43. The Bertz CT molecular complexity index is 1390. The van der Waals surface area contributed by atoms with Crippen molar-refractivity contribution in [3.05, 3.63) is 108 Å². The van der Waals surface area contributed by atoms with Crippen LogP contribution in [-0.2, 0) is 11.2 Å². The van der Waals surface area contributed by atoms with E-state index in [0.29, 0.717) is 26.2 Å². The summed E-state index contributed by atoms with van der Waals surface area (Å²) in [5.41, 5.74) is 9.32. The highest BCUT2D eigenvalue weighted by Gasteiger charge is 2.08. The zero-order valence-corrected chi connectivity index (χ0v) is 25.3. The molecule has 0 saturated heterocycles. The third kappa shape index (κ3) is 9.07. The molecular formula is C38H44O4. The van der Waals surface area contributed by atoms with Crippen molar-refractivity contribution in [2.24, 2.45) is 0 Å². The zero-order chi connectivity index (χ0) is 29.6. The molecule has 0 aliphatic carbocycles. The van der Waals surface area contributed by atoms with Gasteiger partial charge in [-0.15, -0.1) is 0 Å². The molecule has 4 aromatic carbocycles. The summed E-state index contributed by atoms with van der Waals surface area (Å²) in [6.45, 7) is 5.69. The van der Waals surface area contributed by atoms with Crippen molar-refractivity contribution in [2.45, 2.75) is 46.0 Å². The summed E-state index contributed by atoms with van der Waals surface area (Å²) < 4.78 is 17.1. The first-order valence-electron chi connectivity index (χ1n) is 15.1. The van der Waals surface area contributed by atoms with Crippen molar-refractivity contribution in [3.8, 4) is 44.9 Å². The number of aliphatic hydroxyl groups excluding tert-OH is 1. The van der Waals surface area contributed by atoms with Crippen LogP contribution in [0.25, 0.3) is 33.4 Å². The van der Waals surface area contributed by atoms with E-state index in [2.05, 4.69) is 79.7 Å². The summed E-state index contributed by atoms with van der Waals surface area (Å²) in [6, 6.07) is 32.4. The zero-order valence-electron chi connectivity index (χ0n) is 25.3. The molecule has 4 rings (SSSR count). The first-order chi connectivity index (χ1) is 20.6. The number of rotatable bonds is 16. The lowest BCUT2D eigenvalue weighted by Gasteiger charge is -2.13. The first kappa shape index (κ1) is 31.1. The van der Waals surface area contributed by atoms with Crippen LogP contribution in [-0.4, -0.2) is 38.6 Å². The van der Waals surface area contributed by atoms with Gasteiger partial charge in [-0.1, -0.05) is 98.6 Å². The maximum absolute atomic E-state index is 9.43. The fourth-order valence-corrected chi connectivity index (χ4v) is 4.92. The van der Waals surface area contributed by atoms with Gasteiger partial charge in [-0.3, -0.25) is 0 Å². The number of methoxy groups -OCH3 is 1. The number of benzene rings is 4. The largest absolute Gasteiger partial charge is 0.493 e. The molecule has 0 saturated carbocycles. The molecule has 4 aromatic rings. The minimum Gasteiger partial charge on any atom is -0.493 e. The van der Waals surface area contributed by atoms with Gasteiger partial charge in [-0.05, 0) is 76.4 Å². The second kappa shape index (κ2) is 16.5. The lowest BCUT2D eigenvalue weighted by Crippen LogP contribution is -2.05. The van der Waals surface area contributed by atoms with Gasteiger partial charge in [0.15, 0.2) is 0 Å². The number of aliphatic hydroxyl groups is 1. The van der Waals surface area contributed by atoms with Crippen LogP contribution in [0, 0.1) is 0 Å². The molecule has 0 aliphatic rings. The Kier molecular flexibility index (Phi) is 12.2. The number of hydrogen-bond donors (Lipinski definition) is 1. The Morgan fingerprint density at radius 1 is 0.643 bits per heavy atom. The minimum absolute atomic E-state index is 0.0483. The van der Waals surface area contributed by atoms with Gasteiger partial charge in [-0.25, -0.2) is 0 Å². The third-order valence-corrected chi connectivity index (χ3v) is 7.53. The van der Waals surface area contributed by atoms with E-state index in [9.17, 15) is 5.11 Å². The van der Waals surface area contributed by atoms with Crippen molar-refractivity contribution >= 4 is 0 Å².